The predicted molar refractivity (Wildman–Crippen MR) is 85.0 cm³/mol. The number of rotatable bonds is 3. The second kappa shape index (κ2) is 5.69. The van der Waals surface area contributed by atoms with Crippen molar-refractivity contribution in [3.05, 3.63) is 59.5 Å². The minimum Gasteiger partial charge on any atom is -0.397 e. The fraction of sp³-hybridized carbons (Fsp3) is 0.0667. The minimum atomic E-state index is 0.545. The highest BCUT2D eigenvalue weighted by atomic mass is 35.5. The molecule has 0 fully saturated rings. The van der Waals surface area contributed by atoms with Crippen LogP contribution in [-0.2, 0) is 5.75 Å². The summed E-state index contributed by atoms with van der Waals surface area (Å²) in [6.07, 6.45) is 3.39. The lowest BCUT2D eigenvalue weighted by Crippen LogP contribution is -1.91. The molecule has 1 aromatic carbocycles. The Hall–Kier alpha value is -1.78. The first-order valence-electron chi connectivity index (χ1n) is 6.10. The lowest BCUT2D eigenvalue weighted by atomic mass is 10.2. The number of aromatic nitrogens is 2. The molecule has 5 heteroatoms. The monoisotopic (exact) mass is 301 g/mol. The molecule has 0 bridgehead atoms. The SMILES string of the molecule is Nc1cnccc1SCc1cc2ccccc2nc1Cl. The van der Waals surface area contributed by atoms with Gasteiger partial charge in [0.1, 0.15) is 5.15 Å². The van der Waals surface area contributed by atoms with E-state index in [0.29, 0.717) is 10.8 Å². The lowest BCUT2D eigenvalue weighted by molar-refractivity contribution is 1.26. The molecule has 0 amide bonds. The van der Waals surface area contributed by atoms with Crippen molar-refractivity contribution in [3.63, 3.8) is 0 Å². The molecule has 3 nitrogen and oxygen atoms in total. The zero-order chi connectivity index (χ0) is 13.9. The van der Waals surface area contributed by atoms with E-state index in [1.54, 1.807) is 24.2 Å². The van der Waals surface area contributed by atoms with Crippen molar-refractivity contribution in [1.29, 1.82) is 0 Å². The van der Waals surface area contributed by atoms with Gasteiger partial charge in [-0.05, 0) is 18.2 Å². The molecule has 0 aliphatic carbocycles. The smallest absolute Gasteiger partial charge is 0.133 e. The second-order valence-electron chi connectivity index (χ2n) is 4.33. The maximum Gasteiger partial charge on any atom is 0.133 e. The summed E-state index contributed by atoms with van der Waals surface area (Å²) in [6.45, 7) is 0. The molecule has 0 spiro atoms. The van der Waals surface area contributed by atoms with Gasteiger partial charge < -0.3 is 5.73 Å². The molecular weight excluding hydrogens is 290 g/mol. The summed E-state index contributed by atoms with van der Waals surface area (Å²) in [4.78, 5) is 9.40. The Kier molecular flexibility index (Phi) is 3.76. The van der Waals surface area contributed by atoms with Crippen molar-refractivity contribution in [2.24, 2.45) is 0 Å². The van der Waals surface area contributed by atoms with E-state index in [2.05, 4.69) is 16.0 Å². The Morgan fingerprint density at radius 2 is 2.05 bits per heavy atom. The van der Waals surface area contributed by atoms with Gasteiger partial charge in [-0.15, -0.1) is 11.8 Å². The highest BCUT2D eigenvalue weighted by Gasteiger charge is 2.07. The standard InChI is InChI=1S/C15H12ClN3S/c16-15-11(7-10-3-1-2-4-13(10)19-15)9-20-14-5-6-18-8-12(14)17/h1-8H,9,17H2. The number of halogens is 1. The lowest BCUT2D eigenvalue weighted by Gasteiger charge is -2.07. The van der Waals surface area contributed by atoms with Gasteiger partial charge in [-0.3, -0.25) is 4.98 Å². The summed E-state index contributed by atoms with van der Waals surface area (Å²) in [5, 5.41) is 1.64. The number of anilines is 1. The summed E-state index contributed by atoms with van der Waals surface area (Å²) < 4.78 is 0. The Labute approximate surface area is 126 Å². The second-order valence-corrected chi connectivity index (χ2v) is 5.71. The van der Waals surface area contributed by atoms with Crippen LogP contribution in [0.25, 0.3) is 10.9 Å². The van der Waals surface area contributed by atoms with Gasteiger partial charge >= 0.3 is 0 Å². The van der Waals surface area contributed by atoms with Crippen molar-refractivity contribution in [2.75, 3.05) is 5.73 Å². The van der Waals surface area contributed by atoms with Gasteiger partial charge in [-0.2, -0.15) is 0 Å². The Bertz CT molecular complexity index is 761. The van der Waals surface area contributed by atoms with Crippen LogP contribution in [0.4, 0.5) is 5.69 Å². The molecule has 20 heavy (non-hydrogen) atoms. The molecule has 0 unspecified atom stereocenters. The molecule has 3 rings (SSSR count). The van der Waals surface area contributed by atoms with Crippen LogP contribution < -0.4 is 5.73 Å². The summed E-state index contributed by atoms with van der Waals surface area (Å²) in [7, 11) is 0. The molecular formula is C15H12ClN3S. The molecule has 100 valence electrons. The van der Waals surface area contributed by atoms with E-state index in [4.69, 9.17) is 17.3 Å². The molecule has 0 radical (unpaired) electrons. The molecule has 2 heterocycles. The van der Waals surface area contributed by atoms with Crippen molar-refractivity contribution < 1.29 is 0 Å². The van der Waals surface area contributed by atoms with Crippen molar-refractivity contribution in [2.45, 2.75) is 10.6 Å². The molecule has 0 aliphatic heterocycles. The third-order valence-corrected chi connectivity index (χ3v) is 4.41. The quantitative estimate of drug-likeness (QED) is 0.583. The predicted octanol–water partition coefficient (Wildman–Crippen LogP) is 4.16. The van der Waals surface area contributed by atoms with E-state index in [0.717, 1.165) is 27.1 Å². The van der Waals surface area contributed by atoms with Crippen LogP contribution in [-0.4, -0.2) is 9.97 Å². The van der Waals surface area contributed by atoms with Crippen molar-refractivity contribution in [1.82, 2.24) is 9.97 Å². The van der Waals surface area contributed by atoms with E-state index < -0.39 is 0 Å². The Morgan fingerprint density at radius 1 is 1.20 bits per heavy atom. The maximum atomic E-state index is 6.24. The zero-order valence-corrected chi connectivity index (χ0v) is 12.2. The van der Waals surface area contributed by atoms with Gasteiger partial charge in [0, 0.05) is 27.8 Å². The summed E-state index contributed by atoms with van der Waals surface area (Å²) in [5.41, 5.74) is 8.48. The number of nitrogens with zero attached hydrogens (tertiary/aromatic N) is 2. The van der Waals surface area contributed by atoms with Crippen molar-refractivity contribution >= 4 is 40.0 Å². The number of thioether (sulfide) groups is 1. The third-order valence-electron chi connectivity index (χ3n) is 2.94. The fourth-order valence-electron chi connectivity index (χ4n) is 1.92. The van der Waals surface area contributed by atoms with Crippen LogP contribution in [0.15, 0.2) is 53.7 Å². The number of nitrogen functional groups attached to an aromatic ring is 1. The van der Waals surface area contributed by atoms with Crippen LogP contribution in [0.3, 0.4) is 0 Å². The highest BCUT2D eigenvalue weighted by molar-refractivity contribution is 7.98. The van der Waals surface area contributed by atoms with E-state index >= 15 is 0 Å². The molecule has 0 aliphatic rings. The zero-order valence-electron chi connectivity index (χ0n) is 10.6. The first kappa shape index (κ1) is 13.2. The van der Waals surface area contributed by atoms with Gasteiger partial charge in [0.05, 0.1) is 17.4 Å². The number of fused-ring (bicyclic) bond motifs is 1. The van der Waals surface area contributed by atoms with Crippen molar-refractivity contribution in [3.8, 4) is 0 Å². The number of hydrogen-bond donors (Lipinski definition) is 1. The van der Waals surface area contributed by atoms with Crippen LogP contribution in [0, 0.1) is 0 Å². The molecule has 2 aromatic heterocycles. The van der Waals surface area contributed by atoms with E-state index in [1.165, 1.54) is 0 Å². The third kappa shape index (κ3) is 2.71. The fourth-order valence-corrected chi connectivity index (χ4v) is 3.12. The number of benzene rings is 1. The maximum absolute atomic E-state index is 6.24. The summed E-state index contributed by atoms with van der Waals surface area (Å²) in [6, 6.07) is 11.9. The Balaban J connectivity index is 1.87. The van der Waals surface area contributed by atoms with Crippen LogP contribution >= 0.6 is 23.4 Å². The summed E-state index contributed by atoms with van der Waals surface area (Å²) in [5.74, 6) is 0.727. The van der Waals surface area contributed by atoms with E-state index in [1.807, 2.05) is 30.3 Å². The van der Waals surface area contributed by atoms with Crippen LogP contribution in [0.5, 0.6) is 0 Å². The highest BCUT2D eigenvalue weighted by Crippen LogP contribution is 2.30. The average molecular weight is 302 g/mol. The van der Waals surface area contributed by atoms with Gasteiger partial charge in [-0.1, -0.05) is 29.8 Å². The number of para-hydroxylation sites is 1. The first-order valence-corrected chi connectivity index (χ1v) is 7.47. The van der Waals surface area contributed by atoms with Gasteiger partial charge in [0.2, 0.25) is 0 Å². The van der Waals surface area contributed by atoms with E-state index in [-0.39, 0.29) is 0 Å². The first-order chi connectivity index (χ1) is 9.74. The average Bonchev–Trinajstić information content (AvgIpc) is 2.46. The minimum absolute atomic E-state index is 0.545. The van der Waals surface area contributed by atoms with E-state index in [9.17, 15) is 0 Å². The normalized spacial score (nSPS) is 10.8. The molecule has 3 aromatic rings. The molecule has 2 N–H and O–H groups in total. The van der Waals surface area contributed by atoms with Crippen LogP contribution in [0.2, 0.25) is 5.15 Å². The number of hydrogen-bond acceptors (Lipinski definition) is 4. The largest absolute Gasteiger partial charge is 0.397 e. The molecule has 0 atom stereocenters. The van der Waals surface area contributed by atoms with Gasteiger partial charge in [0.25, 0.3) is 0 Å². The number of pyridine rings is 2. The van der Waals surface area contributed by atoms with Gasteiger partial charge in [0.15, 0.2) is 0 Å². The topological polar surface area (TPSA) is 51.8 Å². The molecule has 0 saturated carbocycles. The van der Waals surface area contributed by atoms with Gasteiger partial charge in [-0.25, -0.2) is 4.98 Å². The Morgan fingerprint density at radius 3 is 2.90 bits per heavy atom. The number of nitrogens with two attached hydrogens (primary N) is 1. The summed E-state index contributed by atoms with van der Waals surface area (Å²) >= 11 is 7.87. The van der Waals surface area contributed by atoms with Crippen LogP contribution in [0.1, 0.15) is 5.56 Å². The molecule has 0 saturated heterocycles.